The SMILES string of the molecule is Cc1cc(C)n(C(=O)/C(C#N)=C/c2cc(Br)c(OCc3ccc(Cl)cc3Cl)c(Br)c2)n1. The molecule has 9 heteroatoms. The zero-order valence-corrected chi connectivity index (χ0v) is 21.1. The van der Waals surface area contributed by atoms with Crippen LogP contribution in [0.5, 0.6) is 5.75 Å². The van der Waals surface area contributed by atoms with E-state index in [2.05, 4.69) is 37.0 Å². The molecule has 0 bridgehead atoms. The average Bonchev–Trinajstić information content (AvgIpc) is 3.04. The molecule has 1 heterocycles. The fraction of sp³-hybridized carbons (Fsp3) is 0.136. The number of nitriles is 1. The summed E-state index contributed by atoms with van der Waals surface area (Å²) in [5, 5.41) is 14.7. The molecule has 1 aromatic heterocycles. The van der Waals surface area contributed by atoms with Crippen molar-refractivity contribution in [3.05, 3.63) is 83.5 Å². The molecule has 2 aromatic carbocycles. The van der Waals surface area contributed by atoms with Crippen LogP contribution >= 0.6 is 55.1 Å². The molecule has 0 aliphatic rings. The van der Waals surface area contributed by atoms with Crippen molar-refractivity contribution in [1.82, 2.24) is 9.78 Å². The monoisotopic (exact) mass is 581 g/mol. The number of halogens is 4. The molecule has 0 aliphatic heterocycles. The van der Waals surface area contributed by atoms with Gasteiger partial charge in [-0.1, -0.05) is 29.3 Å². The Hall–Kier alpha value is -2.11. The first kappa shape index (κ1) is 23.6. The van der Waals surface area contributed by atoms with Gasteiger partial charge in [0, 0.05) is 21.3 Å². The number of aryl methyl sites for hydroxylation is 2. The molecule has 0 spiro atoms. The molecule has 0 unspecified atom stereocenters. The number of hydrogen-bond acceptors (Lipinski definition) is 4. The number of hydrogen-bond donors (Lipinski definition) is 0. The number of rotatable bonds is 5. The number of aromatic nitrogens is 2. The van der Waals surface area contributed by atoms with Gasteiger partial charge in [0.2, 0.25) is 0 Å². The van der Waals surface area contributed by atoms with Crippen LogP contribution in [0, 0.1) is 25.2 Å². The van der Waals surface area contributed by atoms with E-state index >= 15 is 0 Å². The molecule has 0 atom stereocenters. The summed E-state index contributed by atoms with van der Waals surface area (Å²) < 4.78 is 8.43. The molecule has 0 radical (unpaired) electrons. The first-order chi connectivity index (χ1) is 14.7. The molecule has 5 nitrogen and oxygen atoms in total. The summed E-state index contributed by atoms with van der Waals surface area (Å²) in [6.45, 7) is 3.79. The lowest BCUT2D eigenvalue weighted by Gasteiger charge is -2.12. The maximum atomic E-state index is 12.7. The smallest absolute Gasteiger partial charge is 0.289 e. The third kappa shape index (κ3) is 5.58. The van der Waals surface area contributed by atoms with Gasteiger partial charge in [-0.25, -0.2) is 4.68 Å². The van der Waals surface area contributed by atoms with Crippen LogP contribution in [-0.2, 0) is 6.61 Å². The maximum Gasteiger partial charge on any atom is 0.289 e. The second-order valence-corrected chi connectivity index (χ2v) is 9.20. The third-order valence-corrected chi connectivity index (χ3v) is 6.04. The minimum atomic E-state index is -0.488. The maximum absolute atomic E-state index is 12.7. The Bertz CT molecular complexity index is 1220. The lowest BCUT2D eigenvalue weighted by molar-refractivity contribution is 0.0943. The summed E-state index contributed by atoms with van der Waals surface area (Å²) in [7, 11) is 0. The summed E-state index contributed by atoms with van der Waals surface area (Å²) in [6.07, 6.45) is 1.51. The van der Waals surface area contributed by atoms with Crippen LogP contribution < -0.4 is 4.74 Å². The van der Waals surface area contributed by atoms with Crippen LogP contribution in [0.25, 0.3) is 6.08 Å². The Labute approximate surface area is 206 Å². The molecule has 0 aliphatic carbocycles. The Kier molecular flexibility index (Phi) is 7.60. The van der Waals surface area contributed by atoms with Crippen molar-refractivity contribution < 1.29 is 9.53 Å². The highest BCUT2D eigenvalue weighted by atomic mass is 79.9. The van der Waals surface area contributed by atoms with E-state index in [-0.39, 0.29) is 12.2 Å². The molecule has 3 aromatic rings. The van der Waals surface area contributed by atoms with E-state index in [1.807, 2.05) is 6.07 Å². The van der Waals surface area contributed by atoms with Crippen molar-refractivity contribution in [2.75, 3.05) is 0 Å². The molecule has 0 fully saturated rings. The highest BCUT2D eigenvalue weighted by molar-refractivity contribution is 9.11. The Morgan fingerprint density at radius 1 is 1.19 bits per heavy atom. The molecule has 158 valence electrons. The minimum absolute atomic E-state index is 0.0355. The van der Waals surface area contributed by atoms with Gasteiger partial charge in [0.05, 0.1) is 14.6 Å². The van der Waals surface area contributed by atoms with Crippen molar-refractivity contribution in [2.24, 2.45) is 0 Å². The third-order valence-electron chi connectivity index (χ3n) is 4.27. The summed E-state index contributed by atoms with van der Waals surface area (Å²) in [5.41, 5.74) is 2.76. The normalized spacial score (nSPS) is 11.3. The summed E-state index contributed by atoms with van der Waals surface area (Å²) >= 11 is 19.1. The standard InChI is InChI=1S/C22H15Br2Cl2N3O2/c1-12-5-13(2)29(28-12)22(30)16(10-27)6-14-7-18(23)21(19(24)8-14)31-11-15-3-4-17(25)9-20(15)26/h3-9H,11H2,1-2H3/b16-6+. The fourth-order valence-electron chi connectivity index (χ4n) is 2.85. The Morgan fingerprint density at radius 2 is 1.87 bits per heavy atom. The van der Waals surface area contributed by atoms with Crippen molar-refractivity contribution in [3.63, 3.8) is 0 Å². The van der Waals surface area contributed by atoms with E-state index in [1.54, 1.807) is 50.2 Å². The van der Waals surface area contributed by atoms with Crippen LogP contribution in [0.3, 0.4) is 0 Å². The van der Waals surface area contributed by atoms with Gasteiger partial charge < -0.3 is 4.74 Å². The summed E-state index contributed by atoms with van der Waals surface area (Å²) in [5.74, 6) is 0.0737. The van der Waals surface area contributed by atoms with Gasteiger partial charge in [-0.3, -0.25) is 4.79 Å². The van der Waals surface area contributed by atoms with Crippen LogP contribution in [0.1, 0.15) is 27.3 Å². The lowest BCUT2D eigenvalue weighted by Crippen LogP contribution is -2.15. The summed E-state index contributed by atoms with van der Waals surface area (Å²) in [6, 6.07) is 12.5. The average molecular weight is 584 g/mol. The van der Waals surface area contributed by atoms with Crippen LogP contribution in [0.4, 0.5) is 0 Å². The number of carbonyl (C=O) groups is 1. The zero-order valence-electron chi connectivity index (χ0n) is 16.4. The fourth-order valence-corrected chi connectivity index (χ4v) is 4.76. The van der Waals surface area contributed by atoms with Gasteiger partial charge in [0.25, 0.3) is 5.91 Å². The van der Waals surface area contributed by atoms with Gasteiger partial charge in [-0.05, 0) is 87.7 Å². The second kappa shape index (κ2) is 10.0. The lowest BCUT2D eigenvalue weighted by atomic mass is 10.1. The van der Waals surface area contributed by atoms with Crippen molar-refractivity contribution in [1.29, 1.82) is 5.26 Å². The Morgan fingerprint density at radius 3 is 2.42 bits per heavy atom. The number of nitrogens with zero attached hydrogens (tertiary/aromatic N) is 3. The minimum Gasteiger partial charge on any atom is -0.486 e. The molecule has 0 N–H and O–H groups in total. The van der Waals surface area contributed by atoms with E-state index in [9.17, 15) is 10.1 Å². The predicted molar refractivity (Wildman–Crippen MR) is 129 cm³/mol. The van der Waals surface area contributed by atoms with E-state index in [1.165, 1.54) is 10.8 Å². The van der Waals surface area contributed by atoms with Crippen molar-refractivity contribution >= 4 is 67.0 Å². The van der Waals surface area contributed by atoms with E-state index < -0.39 is 5.91 Å². The first-order valence-corrected chi connectivity index (χ1v) is 11.3. The highest BCUT2D eigenvalue weighted by Crippen LogP contribution is 2.36. The number of ether oxygens (including phenoxy) is 1. The second-order valence-electron chi connectivity index (χ2n) is 6.65. The van der Waals surface area contributed by atoms with E-state index in [4.69, 9.17) is 27.9 Å². The summed E-state index contributed by atoms with van der Waals surface area (Å²) in [4.78, 5) is 12.7. The number of carbonyl (C=O) groups excluding carboxylic acids is 1. The molecular formula is C22H15Br2Cl2N3O2. The highest BCUT2D eigenvalue weighted by Gasteiger charge is 2.17. The largest absolute Gasteiger partial charge is 0.486 e. The van der Waals surface area contributed by atoms with Gasteiger partial charge in [-0.15, -0.1) is 0 Å². The van der Waals surface area contributed by atoms with Gasteiger partial charge >= 0.3 is 0 Å². The molecule has 0 amide bonds. The topological polar surface area (TPSA) is 67.9 Å². The van der Waals surface area contributed by atoms with Crippen LogP contribution in [-0.4, -0.2) is 15.7 Å². The molecule has 0 saturated heterocycles. The predicted octanol–water partition coefficient (Wildman–Crippen LogP) is 7.16. The molecule has 31 heavy (non-hydrogen) atoms. The zero-order chi connectivity index (χ0) is 22.7. The Balaban J connectivity index is 1.85. The molecule has 0 saturated carbocycles. The molecular weight excluding hydrogens is 569 g/mol. The number of benzene rings is 2. The van der Waals surface area contributed by atoms with Gasteiger partial charge in [0.1, 0.15) is 24.0 Å². The van der Waals surface area contributed by atoms with Crippen molar-refractivity contribution in [3.8, 4) is 11.8 Å². The van der Waals surface area contributed by atoms with Gasteiger partial charge in [0.15, 0.2) is 0 Å². The van der Waals surface area contributed by atoms with E-state index in [0.717, 1.165) is 5.56 Å². The van der Waals surface area contributed by atoms with Crippen LogP contribution in [0.2, 0.25) is 10.0 Å². The van der Waals surface area contributed by atoms with E-state index in [0.29, 0.717) is 41.7 Å². The van der Waals surface area contributed by atoms with Gasteiger partial charge in [-0.2, -0.15) is 10.4 Å². The quantitative estimate of drug-likeness (QED) is 0.236. The first-order valence-electron chi connectivity index (χ1n) is 8.95. The van der Waals surface area contributed by atoms with Crippen LogP contribution in [0.15, 0.2) is 50.9 Å². The number of allylic oxidation sites excluding steroid dienone is 1. The van der Waals surface area contributed by atoms with Crippen molar-refractivity contribution in [2.45, 2.75) is 20.5 Å². The molecule has 3 rings (SSSR count).